The van der Waals surface area contributed by atoms with Crippen LogP contribution in [0, 0.1) is 11.3 Å². The maximum atomic E-state index is 5.94. The van der Waals surface area contributed by atoms with Gasteiger partial charge in [-0.1, -0.05) is 13.8 Å². The van der Waals surface area contributed by atoms with Gasteiger partial charge in [0.15, 0.2) is 0 Å². The van der Waals surface area contributed by atoms with E-state index in [-0.39, 0.29) is 5.41 Å². The number of likely N-dealkylation sites (N-methyl/N-ethyl adjacent to an activating group) is 1. The second-order valence-corrected chi connectivity index (χ2v) is 6.65. The zero-order valence-electron chi connectivity index (χ0n) is 12.9. The minimum Gasteiger partial charge on any atom is -0.383 e. The monoisotopic (exact) mass is 270 g/mol. The number of methoxy groups -OCH3 is 1. The Bertz CT molecular complexity index is 283. The lowest BCUT2D eigenvalue weighted by Crippen LogP contribution is -2.69. The maximum Gasteiger partial charge on any atom is 0.0684 e. The molecule has 1 aliphatic heterocycles. The van der Waals surface area contributed by atoms with E-state index in [1.807, 2.05) is 0 Å². The van der Waals surface area contributed by atoms with Gasteiger partial charge in [0.25, 0.3) is 0 Å². The molecule has 1 saturated heterocycles. The van der Waals surface area contributed by atoms with Crippen LogP contribution >= 0.6 is 0 Å². The van der Waals surface area contributed by atoms with Crippen LogP contribution < -0.4 is 5.32 Å². The number of rotatable bonds is 7. The van der Waals surface area contributed by atoms with Crippen LogP contribution in [0.4, 0.5) is 0 Å². The third-order valence-electron chi connectivity index (χ3n) is 4.87. The Labute approximate surface area is 117 Å². The van der Waals surface area contributed by atoms with Gasteiger partial charge in [0.2, 0.25) is 0 Å². The summed E-state index contributed by atoms with van der Waals surface area (Å²) in [5.74, 6) is 0.730. The van der Waals surface area contributed by atoms with E-state index in [2.05, 4.69) is 31.1 Å². The van der Waals surface area contributed by atoms with Crippen molar-refractivity contribution in [2.75, 3.05) is 47.0 Å². The molecule has 3 unspecified atom stereocenters. The average molecular weight is 270 g/mol. The van der Waals surface area contributed by atoms with Crippen molar-refractivity contribution in [3.63, 3.8) is 0 Å². The number of ether oxygens (including phenoxy) is 2. The summed E-state index contributed by atoms with van der Waals surface area (Å²) in [6.45, 7) is 9.58. The molecule has 0 radical (unpaired) electrons. The lowest BCUT2D eigenvalue weighted by Gasteiger charge is -2.60. The molecule has 0 bridgehead atoms. The predicted octanol–water partition coefficient (Wildman–Crippen LogP) is 1.36. The van der Waals surface area contributed by atoms with Gasteiger partial charge >= 0.3 is 0 Å². The third-order valence-corrected chi connectivity index (χ3v) is 4.87. The summed E-state index contributed by atoms with van der Waals surface area (Å²) in [6, 6.07) is 0.619. The summed E-state index contributed by atoms with van der Waals surface area (Å²) in [4.78, 5) is 2.32. The molecule has 3 atom stereocenters. The van der Waals surface area contributed by atoms with Gasteiger partial charge in [-0.25, -0.2) is 0 Å². The van der Waals surface area contributed by atoms with Crippen LogP contribution in [0.15, 0.2) is 0 Å². The van der Waals surface area contributed by atoms with Gasteiger partial charge in [-0.2, -0.15) is 0 Å². The van der Waals surface area contributed by atoms with E-state index in [1.54, 1.807) is 7.11 Å². The Morgan fingerprint density at radius 3 is 2.89 bits per heavy atom. The van der Waals surface area contributed by atoms with Gasteiger partial charge in [0.05, 0.1) is 12.7 Å². The fourth-order valence-electron chi connectivity index (χ4n) is 3.71. The van der Waals surface area contributed by atoms with Crippen molar-refractivity contribution in [3.05, 3.63) is 0 Å². The van der Waals surface area contributed by atoms with Crippen LogP contribution in [-0.2, 0) is 9.47 Å². The highest BCUT2D eigenvalue weighted by Crippen LogP contribution is 2.51. The predicted molar refractivity (Wildman–Crippen MR) is 77.4 cm³/mol. The molecule has 0 amide bonds. The molecule has 2 rings (SSSR count). The van der Waals surface area contributed by atoms with Crippen molar-refractivity contribution >= 4 is 0 Å². The fourth-order valence-corrected chi connectivity index (χ4v) is 3.71. The van der Waals surface area contributed by atoms with E-state index in [1.165, 1.54) is 12.8 Å². The van der Waals surface area contributed by atoms with E-state index >= 15 is 0 Å². The van der Waals surface area contributed by atoms with Crippen LogP contribution in [-0.4, -0.2) is 64.1 Å². The van der Waals surface area contributed by atoms with Gasteiger partial charge in [-0.3, -0.25) is 0 Å². The first-order valence-corrected chi connectivity index (χ1v) is 7.60. The molecule has 0 aromatic heterocycles. The number of hydrogen-bond donors (Lipinski definition) is 1. The number of fused-ring (bicyclic) bond motifs is 1. The zero-order valence-corrected chi connectivity index (χ0v) is 12.9. The molecule has 1 aliphatic carbocycles. The topological polar surface area (TPSA) is 33.7 Å². The quantitative estimate of drug-likeness (QED) is 0.757. The standard InChI is InChI=1S/C15H30N2O2/c1-15(2)13(12-6-5-10-19-14(12)15)16-7-8-17(3)9-11-18-4/h12-14,16H,5-11H2,1-4H3. The normalized spacial score (nSPS) is 33.0. The largest absolute Gasteiger partial charge is 0.383 e. The third kappa shape index (κ3) is 3.30. The second kappa shape index (κ2) is 6.53. The van der Waals surface area contributed by atoms with Gasteiger partial charge in [0, 0.05) is 50.7 Å². The van der Waals surface area contributed by atoms with Gasteiger partial charge in [-0.05, 0) is 19.9 Å². The molecule has 1 saturated carbocycles. The van der Waals surface area contributed by atoms with E-state index in [0.717, 1.165) is 38.8 Å². The summed E-state index contributed by atoms with van der Waals surface area (Å²) < 4.78 is 11.0. The van der Waals surface area contributed by atoms with Crippen molar-refractivity contribution in [1.29, 1.82) is 0 Å². The Balaban J connectivity index is 1.70. The Morgan fingerprint density at radius 2 is 2.16 bits per heavy atom. The van der Waals surface area contributed by atoms with Crippen LogP contribution in [0.2, 0.25) is 0 Å². The summed E-state index contributed by atoms with van der Waals surface area (Å²) in [5, 5.41) is 3.75. The second-order valence-electron chi connectivity index (χ2n) is 6.65. The molecule has 0 aromatic rings. The minimum absolute atomic E-state index is 0.288. The van der Waals surface area contributed by atoms with E-state index in [4.69, 9.17) is 9.47 Å². The average Bonchev–Trinajstić information content (AvgIpc) is 2.41. The lowest BCUT2D eigenvalue weighted by molar-refractivity contribution is -0.192. The first-order chi connectivity index (χ1) is 9.07. The lowest BCUT2D eigenvalue weighted by atomic mass is 9.55. The van der Waals surface area contributed by atoms with Crippen LogP contribution in [0.1, 0.15) is 26.7 Å². The molecule has 2 aliphatic rings. The molecular weight excluding hydrogens is 240 g/mol. The van der Waals surface area contributed by atoms with Crippen molar-refractivity contribution in [2.45, 2.75) is 38.8 Å². The summed E-state index contributed by atoms with van der Waals surface area (Å²) >= 11 is 0. The smallest absolute Gasteiger partial charge is 0.0684 e. The summed E-state index contributed by atoms with van der Waals surface area (Å²) in [6.07, 6.45) is 3.03. The highest BCUT2D eigenvalue weighted by atomic mass is 16.5. The SMILES string of the molecule is COCCN(C)CCNC1C2CCCOC2C1(C)C. The molecule has 4 heteroatoms. The molecule has 4 nitrogen and oxygen atoms in total. The molecule has 112 valence electrons. The Hall–Kier alpha value is -0.160. The molecular formula is C15H30N2O2. The van der Waals surface area contributed by atoms with Crippen LogP contribution in [0.25, 0.3) is 0 Å². The zero-order chi connectivity index (χ0) is 13.9. The van der Waals surface area contributed by atoms with E-state index in [0.29, 0.717) is 12.1 Å². The van der Waals surface area contributed by atoms with Crippen molar-refractivity contribution < 1.29 is 9.47 Å². The van der Waals surface area contributed by atoms with E-state index < -0.39 is 0 Å². The first-order valence-electron chi connectivity index (χ1n) is 7.60. The van der Waals surface area contributed by atoms with Gasteiger partial charge in [0.1, 0.15) is 0 Å². The minimum atomic E-state index is 0.288. The molecule has 1 N–H and O–H groups in total. The molecule has 1 heterocycles. The number of nitrogens with zero attached hydrogens (tertiary/aromatic N) is 1. The Morgan fingerprint density at radius 1 is 1.37 bits per heavy atom. The first kappa shape index (κ1) is 15.2. The highest BCUT2D eigenvalue weighted by molar-refractivity contribution is 5.10. The van der Waals surface area contributed by atoms with Crippen molar-refractivity contribution in [2.24, 2.45) is 11.3 Å². The molecule has 0 spiro atoms. The maximum absolute atomic E-state index is 5.94. The van der Waals surface area contributed by atoms with Crippen LogP contribution in [0.5, 0.6) is 0 Å². The fraction of sp³-hybridized carbons (Fsp3) is 1.00. The summed E-state index contributed by atoms with van der Waals surface area (Å²) in [5.41, 5.74) is 0.288. The van der Waals surface area contributed by atoms with Crippen LogP contribution in [0.3, 0.4) is 0 Å². The number of hydrogen-bond acceptors (Lipinski definition) is 4. The highest BCUT2D eigenvalue weighted by Gasteiger charge is 2.57. The Kier molecular flexibility index (Phi) is 5.23. The number of nitrogens with one attached hydrogen (secondary N) is 1. The van der Waals surface area contributed by atoms with E-state index in [9.17, 15) is 0 Å². The van der Waals surface area contributed by atoms with Gasteiger partial charge in [-0.15, -0.1) is 0 Å². The summed E-state index contributed by atoms with van der Waals surface area (Å²) in [7, 11) is 3.91. The molecule has 0 aromatic carbocycles. The van der Waals surface area contributed by atoms with Crippen molar-refractivity contribution in [3.8, 4) is 0 Å². The van der Waals surface area contributed by atoms with Crippen molar-refractivity contribution in [1.82, 2.24) is 10.2 Å². The molecule has 2 fully saturated rings. The molecule has 19 heavy (non-hydrogen) atoms. The van der Waals surface area contributed by atoms with Gasteiger partial charge < -0.3 is 19.7 Å².